The fourth-order valence-corrected chi connectivity index (χ4v) is 4.26. The molecule has 5 nitrogen and oxygen atoms in total. The molecule has 1 aliphatic rings. The molecule has 2 aromatic heterocycles. The summed E-state index contributed by atoms with van der Waals surface area (Å²) in [5.41, 5.74) is 10.7. The van der Waals surface area contributed by atoms with Gasteiger partial charge < -0.3 is 10.3 Å². The fourth-order valence-electron chi connectivity index (χ4n) is 4.26. The van der Waals surface area contributed by atoms with E-state index in [1.807, 2.05) is 6.20 Å². The highest BCUT2D eigenvalue weighted by molar-refractivity contribution is 5.75. The molecule has 3 aromatic rings. The van der Waals surface area contributed by atoms with Gasteiger partial charge in [0, 0.05) is 13.2 Å². The Morgan fingerprint density at radius 3 is 2.93 bits per heavy atom. The Balaban J connectivity index is 1.64. The van der Waals surface area contributed by atoms with E-state index in [0.717, 1.165) is 56.7 Å². The van der Waals surface area contributed by atoms with Gasteiger partial charge in [-0.3, -0.25) is 9.88 Å². The molecule has 1 aliphatic carbocycles. The van der Waals surface area contributed by atoms with Gasteiger partial charge in [0.25, 0.3) is 0 Å². The zero-order valence-electron chi connectivity index (χ0n) is 16.1. The van der Waals surface area contributed by atoms with Crippen LogP contribution in [0.1, 0.15) is 48.8 Å². The minimum Gasteiger partial charge on any atom is -0.330 e. The van der Waals surface area contributed by atoms with E-state index in [0.29, 0.717) is 6.04 Å². The molecule has 0 bridgehead atoms. The van der Waals surface area contributed by atoms with Crippen molar-refractivity contribution >= 4 is 11.0 Å². The van der Waals surface area contributed by atoms with Gasteiger partial charge in [-0.05, 0) is 69.0 Å². The Hall–Kier alpha value is -2.24. The van der Waals surface area contributed by atoms with Crippen LogP contribution in [0, 0.1) is 0 Å². The van der Waals surface area contributed by atoms with E-state index in [-0.39, 0.29) is 0 Å². The van der Waals surface area contributed by atoms with Gasteiger partial charge in [-0.1, -0.05) is 18.2 Å². The predicted molar refractivity (Wildman–Crippen MR) is 109 cm³/mol. The maximum Gasteiger partial charge on any atom is 0.123 e. The van der Waals surface area contributed by atoms with Crippen LogP contribution >= 0.6 is 0 Å². The van der Waals surface area contributed by atoms with Crippen LogP contribution in [0.4, 0.5) is 0 Å². The van der Waals surface area contributed by atoms with Crippen molar-refractivity contribution in [3.8, 4) is 0 Å². The molecule has 1 aromatic carbocycles. The van der Waals surface area contributed by atoms with Gasteiger partial charge in [-0.25, -0.2) is 4.98 Å². The van der Waals surface area contributed by atoms with Crippen LogP contribution < -0.4 is 5.73 Å². The van der Waals surface area contributed by atoms with E-state index in [1.54, 1.807) is 0 Å². The van der Waals surface area contributed by atoms with Gasteiger partial charge in [0.1, 0.15) is 5.82 Å². The molecule has 0 saturated carbocycles. The van der Waals surface area contributed by atoms with Crippen molar-refractivity contribution < 1.29 is 0 Å². The van der Waals surface area contributed by atoms with E-state index in [4.69, 9.17) is 15.7 Å². The van der Waals surface area contributed by atoms with Crippen molar-refractivity contribution in [2.75, 3.05) is 13.1 Å². The monoisotopic (exact) mass is 363 g/mol. The van der Waals surface area contributed by atoms with Crippen LogP contribution in [0.5, 0.6) is 0 Å². The molecule has 0 spiro atoms. The first-order valence-electron chi connectivity index (χ1n) is 10.1. The second kappa shape index (κ2) is 8.19. The SMILES string of the molecule is Cn1c(CN(CCCCN)[C@H]2CCCc3cccnc32)nc2ccccc21. The van der Waals surface area contributed by atoms with Gasteiger partial charge in [0.05, 0.1) is 29.3 Å². The summed E-state index contributed by atoms with van der Waals surface area (Å²) in [6.45, 7) is 2.62. The first-order chi connectivity index (χ1) is 13.3. The van der Waals surface area contributed by atoms with Crippen molar-refractivity contribution in [3.05, 3.63) is 59.7 Å². The van der Waals surface area contributed by atoms with E-state index < -0.39 is 0 Å². The minimum atomic E-state index is 0.368. The molecule has 0 radical (unpaired) electrons. The van der Waals surface area contributed by atoms with Crippen molar-refractivity contribution in [3.63, 3.8) is 0 Å². The number of imidazole rings is 1. The number of para-hydroxylation sites is 2. The molecular formula is C22H29N5. The molecule has 27 heavy (non-hydrogen) atoms. The average Bonchev–Trinajstić information content (AvgIpc) is 3.03. The summed E-state index contributed by atoms with van der Waals surface area (Å²) >= 11 is 0. The zero-order valence-corrected chi connectivity index (χ0v) is 16.1. The number of aryl methyl sites for hydroxylation is 2. The Morgan fingerprint density at radius 2 is 2.07 bits per heavy atom. The molecule has 2 N–H and O–H groups in total. The normalized spacial score (nSPS) is 16.8. The number of fused-ring (bicyclic) bond motifs is 2. The fraction of sp³-hybridized carbons (Fsp3) is 0.455. The number of aromatic nitrogens is 3. The highest BCUT2D eigenvalue weighted by Crippen LogP contribution is 2.34. The van der Waals surface area contributed by atoms with Crippen LogP contribution in [-0.4, -0.2) is 32.5 Å². The predicted octanol–water partition coefficient (Wildman–Crippen LogP) is 3.59. The largest absolute Gasteiger partial charge is 0.330 e. The number of unbranched alkanes of at least 4 members (excludes halogenated alkanes) is 1. The highest BCUT2D eigenvalue weighted by Gasteiger charge is 2.28. The number of benzene rings is 1. The number of nitrogens with two attached hydrogens (primary N) is 1. The smallest absolute Gasteiger partial charge is 0.123 e. The zero-order chi connectivity index (χ0) is 18.6. The number of pyridine rings is 1. The van der Waals surface area contributed by atoms with Gasteiger partial charge in [-0.2, -0.15) is 0 Å². The lowest BCUT2D eigenvalue weighted by atomic mass is 9.90. The first kappa shape index (κ1) is 18.1. The summed E-state index contributed by atoms with van der Waals surface area (Å²) in [5.74, 6) is 1.12. The van der Waals surface area contributed by atoms with E-state index >= 15 is 0 Å². The summed E-state index contributed by atoms with van der Waals surface area (Å²) in [4.78, 5) is 12.2. The van der Waals surface area contributed by atoms with Crippen molar-refractivity contribution in [1.82, 2.24) is 19.4 Å². The molecule has 0 amide bonds. The maximum absolute atomic E-state index is 5.75. The standard InChI is InChI=1S/C22H29N5/c1-26-19-11-3-2-10-18(19)25-21(26)16-27(15-5-4-13-23)20-12-6-8-17-9-7-14-24-22(17)20/h2-3,7,9-11,14,20H,4-6,8,12-13,15-16,23H2,1H3/t20-/m0/s1. The molecule has 5 heteroatoms. The topological polar surface area (TPSA) is 60.0 Å². The number of nitrogens with zero attached hydrogens (tertiary/aromatic N) is 4. The van der Waals surface area contributed by atoms with Gasteiger partial charge in [-0.15, -0.1) is 0 Å². The van der Waals surface area contributed by atoms with Crippen LogP contribution in [-0.2, 0) is 20.0 Å². The lowest BCUT2D eigenvalue weighted by Gasteiger charge is -2.35. The Labute approximate surface area is 161 Å². The number of hydrogen-bond acceptors (Lipinski definition) is 4. The van der Waals surface area contributed by atoms with Crippen LogP contribution in [0.3, 0.4) is 0 Å². The van der Waals surface area contributed by atoms with Crippen LogP contribution in [0.2, 0.25) is 0 Å². The maximum atomic E-state index is 5.75. The Bertz CT molecular complexity index is 901. The van der Waals surface area contributed by atoms with Crippen molar-refractivity contribution in [2.24, 2.45) is 12.8 Å². The Morgan fingerprint density at radius 1 is 1.19 bits per heavy atom. The molecule has 142 valence electrons. The summed E-state index contributed by atoms with van der Waals surface area (Å²) in [7, 11) is 2.12. The van der Waals surface area contributed by atoms with Crippen molar-refractivity contribution in [1.29, 1.82) is 0 Å². The molecule has 1 atom stereocenters. The van der Waals surface area contributed by atoms with E-state index in [9.17, 15) is 0 Å². The van der Waals surface area contributed by atoms with Crippen LogP contribution in [0.15, 0.2) is 42.6 Å². The van der Waals surface area contributed by atoms with Gasteiger partial charge in [0.2, 0.25) is 0 Å². The first-order valence-corrected chi connectivity index (χ1v) is 10.1. The summed E-state index contributed by atoms with van der Waals surface area (Å²) in [6, 6.07) is 13.0. The third kappa shape index (κ3) is 3.75. The van der Waals surface area contributed by atoms with Crippen LogP contribution in [0.25, 0.3) is 11.0 Å². The molecule has 0 unspecified atom stereocenters. The second-order valence-electron chi connectivity index (χ2n) is 7.50. The molecular weight excluding hydrogens is 334 g/mol. The minimum absolute atomic E-state index is 0.368. The summed E-state index contributed by atoms with van der Waals surface area (Å²) < 4.78 is 2.23. The summed E-state index contributed by atoms with van der Waals surface area (Å²) in [6.07, 6.45) is 7.63. The van der Waals surface area contributed by atoms with E-state index in [1.165, 1.54) is 23.2 Å². The number of hydrogen-bond donors (Lipinski definition) is 1. The third-order valence-corrected chi connectivity index (χ3v) is 5.73. The summed E-state index contributed by atoms with van der Waals surface area (Å²) in [5, 5.41) is 0. The lowest BCUT2D eigenvalue weighted by molar-refractivity contribution is 0.158. The number of rotatable bonds is 7. The molecule has 0 fully saturated rings. The van der Waals surface area contributed by atoms with Crippen molar-refractivity contribution in [2.45, 2.75) is 44.7 Å². The quantitative estimate of drug-likeness (QED) is 0.652. The average molecular weight is 364 g/mol. The van der Waals surface area contributed by atoms with Gasteiger partial charge in [0.15, 0.2) is 0 Å². The molecule has 2 heterocycles. The Kier molecular flexibility index (Phi) is 5.50. The lowest BCUT2D eigenvalue weighted by Crippen LogP contribution is -2.33. The highest BCUT2D eigenvalue weighted by atomic mass is 15.2. The third-order valence-electron chi connectivity index (χ3n) is 5.73. The van der Waals surface area contributed by atoms with Gasteiger partial charge >= 0.3 is 0 Å². The molecule has 4 rings (SSSR count). The second-order valence-corrected chi connectivity index (χ2v) is 7.50. The molecule has 0 saturated heterocycles. The molecule has 0 aliphatic heterocycles. The van der Waals surface area contributed by atoms with E-state index in [2.05, 4.69) is 52.9 Å².